The fourth-order valence-electron chi connectivity index (χ4n) is 2.25. The Morgan fingerprint density at radius 3 is 2.26 bits per heavy atom. The van der Waals surface area contributed by atoms with Gasteiger partial charge in [-0.05, 0) is 30.0 Å². The van der Waals surface area contributed by atoms with Crippen molar-refractivity contribution in [3.63, 3.8) is 0 Å². The SMILES string of the molecule is COC(=O)[C@@H](CC(C)C)NC(=O)Cc1ccc(OC)c(OC)c1. The van der Waals surface area contributed by atoms with Gasteiger partial charge in [0.25, 0.3) is 0 Å². The van der Waals surface area contributed by atoms with Crippen molar-refractivity contribution < 1.29 is 23.8 Å². The summed E-state index contributed by atoms with van der Waals surface area (Å²) in [4.78, 5) is 23.9. The fourth-order valence-corrected chi connectivity index (χ4v) is 2.25. The van der Waals surface area contributed by atoms with E-state index in [2.05, 4.69) is 5.32 Å². The molecule has 128 valence electrons. The summed E-state index contributed by atoms with van der Waals surface area (Å²) in [5, 5.41) is 2.73. The summed E-state index contributed by atoms with van der Waals surface area (Å²) >= 11 is 0. The smallest absolute Gasteiger partial charge is 0.328 e. The molecule has 0 bridgehead atoms. The van der Waals surface area contributed by atoms with Crippen molar-refractivity contribution in [2.75, 3.05) is 21.3 Å². The lowest BCUT2D eigenvalue weighted by molar-refractivity contribution is -0.145. The maximum atomic E-state index is 12.2. The Balaban J connectivity index is 2.76. The summed E-state index contributed by atoms with van der Waals surface area (Å²) < 4.78 is 15.1. The molecule has 1 amide bonds. The number of benzene rings is 1. The molecule has 6 nitrogen and oxygen atoms in total. The van der Waals surface area contributed by atoms with Crippen LogP contribution in [0.5, 0.6) is 11.5 Å². The van der Waals surface area contributed by atoms with Crippen LogP contribution in [-0.2, 0) is 20.7 Å². The molecular formula is C17H25NO5. The van der Waals surface area contributed by atoms with Crippen molar-refractivity contribution in [2.45, 2.75) is 32.7 Å². The molecule has 1 N–H and O–H groups in total. The number of methoxy groups -OCH3 is 3. The number of hydrogen-bond donors (Lipinski definition) is 1. The van der Waals surface area contributed by atoms with E-state index < -0.39 is 12.0 Å². The van der Waals surface area contributed by atoms with Crippen molar-refractivity contribution in [3.05, 3.63) is 23.8 Å². The lowest BCUT2D eigenvalue weighted by atomic mass is 10.0. The maximum Gasteiger partial charge on any atom is 0.328 e. The Bertz CT molecular complexity index is 542. The zero-order valence-corrected chi connectivity index (χ0v) is 14.3. The van der Waals surface area contributed by atoms with E-state index in [0.29, 0.717) is 17.9 Å². The summed E-state index contributed by atoms with van der Waals surface area (Å²) in [7, 11) is 4.41. The van der Waals surface area contributed by atoms with Crippen LogP contribution in [0.25, 0.3) is 0 Å². The molecule has 0 aliphatic rings. The van der Waals surface area contributed by atoms with Gasteiger partial charge in [0.15, 0.2) is 11.5 Å². The highest BCUT2D eigenvalue weighted by atomic mass is 16.5. The molecule has 0 unspecified atom stereocenters. The van der Waals surface area contributed by atoms with Gasteiger partial charge in [0.1, 0.15) is 6.04 Å². The van der Waals surface area contributed by atoms with E-state index in [4.69, 9.17) is 14.2 Å². The highest BCUT2D eigenvalue weighted by molar-refractivity contribution is 5.85. The summed E-state index contributed by atoms with van der Waals surface area (Å²) in [6.45, 7) is 3.97. The Kier molecular flexibility index (Phi) is 7.38. The van der Waals surface area contributed by atoms with Crippen molar-refractivity contribution in [2.24, 2.45) is 5.92 Å². The molecule has 0 aliphatic carbocycles. The molecule has 0 radical (unpaired) electrons. The fraction of sp³-hybridized carbons (Fsp3) is 0.529. The van der Waals surface area contributed by atoms with Gasteiger partial charge in [-0.2, -0.15) is 0 Å². The number of carbonyl (C=O) groups is 2. The molecule has 23 heavy (non-hydrogen) atoms. The molecule has 0 spiro atoms. The van der Waals surface area contributed by atoms with E-state index >= 15 is 0 Å². The first-order valence-electron chi connectivity index (χ1n) is 7.49. The number of ether oxygens (including phenoxy) is 3. The third-order valence-electron chi connectivity index (χ3n) is 3.34. The van der Waals surface area contributed by atoms with Crippen LogP contribution in [0.15, 0.2) is 18.2 Å². The minimum absolute atomic E-state index is 0.145. The van der Waals surface area contributed by atoms with Crippen molar-refractivity contribution in [3.8, 4) is 11.5 Å². The Labute approximate surface area is 137 Å². The predicted molar refractivity (Wildman–Crippen MR) is 86.7 cm³/mol. The lowest BCUT2D eigenvalue weighted by Gasteiger charge is -2.18. The summed E-state index contributed by atoms with van der Waals surface area (Å²) in [5.74, 6) is 0.751. The van der Waals surface area contributed by atoms with Crippen LogP contribution in [-0.4, -0.2) is 39.2 Å². The van der Waals surface area contributed by atoms with E-state index in [0.717, 1.165) is 5.56 Å². The number of carbonyl (C=O) groups excluding carboxylic acids is 2. The summed E-state index contributed by atoms with van der Waals surface area (Å²) in [6.07, 6.45) is 0.677. The molecule has 1 aromatic carbocycles. The Morgan fingerprint density at radius 2 is 1.74 bits per heavy atom. The van der Waals surface area contributed by atoms with Gasteiger partial charge in [-0.15, -0.1) is 0 Å². The van der Waals surface area contributed by atoms with Gasteiger partial charge in [-0.25, -0.2) is 4.79 Å². The Hall–Kier alpha value is -2.24. The first-order valence-corrected chi connectivity index (χ1v) is 7.49. The van der Waals surface area contributed by atoms with E-state index in [1.807, 2.05) is 13.8 Å². The van der Waals surface area contributed by atoms with Gasteiger partial charge < -0.3 is 19.5 Å². The van der Waals surface area contributed by atoms with Crippen LogP contribution < -0.4 is 14.8 Å². The lowest BCUT2D eigenvalue weighted by Crippen LogP contribution is -2.43. The zero-order valence-electron chi connectivity index (χ0n) is 14.3. The minimum atomic E-state index is -0.632. The second-order valence-electron chi connectivity index (χ2n) is 5.64. The monoisotopic (exact) mass is 323 g/mol. The second kappa shape index (κ2) is 9.02. The molecule has 0 saturated heterocycles. The average Bonchev–Trinajstić information content (AvgIpc) is 2.52. The molecule has 0 aliphatic heterocycles. The van der Waals surface area contributed by atoms with E-state index in [-0.39, 0.29) is 18.2 Å². The third kappa shape index (κ3) is 5.81. The Morgan fingerprint density at radius 1 is 1.09 bits per heavy atom. The topological polar surface area (TPSA) is 73.9 Å². The first-order chi connectivity index (χ1) is 10.9. The van der Waals surface area contributed by atoms with E-state index in [1.165, 1.54) is 14.2 Å². The number of hydrogen-bond acceptors (Lipinski definition) is 5. The second-order valence-corrected chi connectivity index (χ2v) is 5.64. The third-order valence-corrected chi connectivity index (χ3v) is 3.34. The van der Waals surface area contributed by atoms with Crippen LogP contribution >= 0.6 is 0 Å². The molecule has 0 heterocycles. The number of esters is 1. The quantitative estimate of drug-likeness (QED) is 0.740. The van der Waals surface area contributed by atoms with Gasteiger partial charge in [-0.1, -0.05) is 19.9 Å². The number of nitrogens with one attached hydrogen (secondary N) is 1. The summed E-state index contributed by atoms with van der Waals surface area (Å²) in [6, 6.07) is 4.64. The molecule has 0 saturated carbocycles. The van der Waals surface area contributed by atoms with E-state index in [9.17, 15) is 9.59 Å². The predicted octanol–water partition coefficient (Wildman–Crippen LogP) is 1.95. The normalized spacial score (nSPS) is 11.7. The van der Waals surface area contributed by atoms with E-state index in [1.54, 1.807) is 25.3 Å². The van der Waals surface area contributed by atoms with Crippen LogP contribution in [0.4, 0.5) is 0 Å². The molecule has 1 aromatic rings. The zero-order chi connectivity index (χ0) is 17.4. The number of rotatable bonds is 8. The van der Waals surface area contributed by atoms with Gasteiger partial charge in [0.2, 0.25) is 5.91 Å². The minimum Gasteiger partial charge on any atom is -0.493 e. The van der Waals surface area contributed by atoms with Crippen LogP contribution in [0.1, 0.15) is 25.8 Å². The molecule has 1 rings (SSSR count). The van der Waals surface area contributed by atoms with Crippen molar-refractivity contribution in [1.29, 1.82) is 0 Å². The highest BCUT2D eigenvalue weighted by Crippen LogP contribution is 2.27. The van der Waals surface area contributed by atoms with Crippen molar-refractivity contribution in [1.82, 2.24) is 5.32 Å². The number of amides is 1. The van der Waals surface area contributed by atoms with Crippen molar-refractivity contribution >= 4 is 11.9 Å². The summed E-state index contributed by atoms with van der Waals surface area (Å²) in [5.41, 5.74) is 0.772. The average molecular weight is 323 g/mol. The van der Waals surface area contributed by atoms with Gasteiger partial charge >= 0.3 is 5.97 Å². The molecular weight excluding hydrogens is 298 g/mol. The van der Waals surface area contributed by atoms with Gasteiger partial charge in [-0.3, -0.25) is 4.79 Å². The molecule has 0 aromatic heterocycles. The standard InChI is InChI=1S/C17H25NO5/c1-11(2)8-13(17(20)23-5)18-16(19)10-12-6-7-14(21-3)15(9-12)22-4/h6-7,9,11,13H,8,10H2,1-5H3,(H,18,19)/t13-/m1/s1. The maximum absolute atomic E-state index is 12.2. The van der Waals surface area contributed by atoms with Crippen LogP contribution in [0.2, 0.25) is 0 Å². The van der Waals surface area contributed by atoms with Gasteiger partial charge in [0.05, 0.1) is 27.8 Å². The highest BCUT2D eigenvalue weighted by Gasteiger charge is 2.22. The molecule has 6 heteroatoms. The van der Waals surface area contributed by atoms with Crippen LogP contribution in [0.3, 0.4) is 0 Å². The largest absolute Gasteiger partial charge is 0.493 e. The first kappa shape index (κ1) is 18.8. The molecule has 1 atom stereocenters. The van der Waals surface area contributed by atoms with Crippen LogP contribution in [0, 0.1) is 5.92 Å². The molecule has 0 fully saturated rings. The van der Waals surface area contributed by atoms with Gasteiger partial charge in [0, 0.05) is 0 Å².